The molecule has 5 rings (SSSR count). The molecule has 1 unspecified atom stereocenters. The lowest BCUT2D eigenvalue weighted by molar-refractivity contribution is -0.141. The Morgan fingerprint density at radius 1 is 1.15 bits per heavy atom. The van der Waals surface area contributed by atoms with Gasteiger partial charge >= 0.3 is 16.3 Å². The van der Waals surface area contributed by atoms with Crippen molar-refractivity contribution in [2.24, 2.45) is 0 Å². The number of aryl methyl sites for hydroxylation is 1. The van der Waals surface area contributed by atoms with Gasteiger partial charge in [0.15, 0.2) is 5.69 Å². The van der Waals surface area contributed by atoms with Crippen LogP contribution in [-0.4, -0.2) is 47.4 Å². The Morgan fingerprint density at radius 3 is 2.46 bits per heavy atom. The lowest BCUT2D eigenvalue weighted by atomic mass is 9.98. The maximum Gasteiger partial charge on any atom is 0.435 e. The SMILES string of the molecule is Cc1cc(C(F)(F)F)nn1C=CN1CCC(c2nc(C3(C)NCc4c(F)ccc(OS(C)(=O)=O)c4CN3)cs2)CC1. The van der Waals surface area contributed by atoms with E-state index in [1.165, 1.54) is 16.8 Å². The van der Waals surface area contributed by atoms with Crippen LogP contribution in [-0.2, 0) is 35.0 Å². The number of halogens is 4. The average molecular weight is 615 g/mol. The van der Waals surface area contributed by atoms with Crippen molar-refractivity contribution in [3.8, 4) is 5.75 Å². The van der Waals surface area contributed by atoms with Gasteiger partial charge in [0.25, 0.3) is 0 Å². The van der Waals surface area contributed by atoms with Gasteiger partial charge in [0, 0.05) is 66.7 Å². The van der Waals surface area contributed by atoms with Crippen molar-refractivity contribution in [3.63, 3.8) is 0 Å². The number of alkyl halides is 3. The molecule has 41 heavy (non-hydrogen) atoms. The van der Waals surface area contributed by atoms with Gasteiger partial charge in [0.2, 0.25) is 0 Å². The van der Waals surface area contributed by atoms with Crippen molar-refractivity contribution in [1.29, 1.82) is 0 Å². The quantitative estimate of drug-likeness (QED) is 0.309. The van der Waals surface area contributed by atoms with E-state index in [0.29, 0.717) is 29.9 Å². The number of benzene rings is 1. The topological polar surface area (TPSA) is 101 Å². The van der Waals surface area contributed by atoms with Crippen molar-refractivity contribution in [2.75, 3.05) is 19.3 Å². The van der Waals surface area contributed by atoms with E-state index in [1.54, 1.807) is 30.7 Å². The summed E-state index contributed by atoms with van der Waals surface area (Å²) in [5, 5.41) is 13.2. The summed E-state index contributed by atoms with van der Waals surface area (Å²) in [6, 6.07) is 3.53. The number of rotatable bonds is 6. The van der Waals surface area contributed by atoms with Gasteiger partial charge in [-0.25, -0.2) is 14.1 Å². The molecular formula is C26H30F4N6O3S2. The zero-order valence-corrected chi connectivity index (χ0v) is 24.3. The van der Waals surface area contributed by atoms with Gasteiger partial charge in [-0.15, -0.1) is 11.3 Å². The third-order valence-corrected chi connectivity index (χ3v) is 8.84. The molecule has 0 saturated carbocycles. The molecular weight excluding hydrogens is 584 g/mol. The summed E-state index contributed by atoms with van der Waals surface area (Å²) < 4.78 is 83.2. The minimum atomic E-state index is -4.48. The molecule has 0 aliphatic carbocycles. The highest BCUT2D eigenvalue weighted by molar-refractivity contribution is 7.86. The number of hydrogen-bond acceptors (Lipinski definition) is 9. The molecule has 222 valence electrons. The summed E-state index contributed by atoms with van der Waals surface area (Å²) in [6.45, 7) is 5.22. The van der Waals surface area contributed by atoms with Crippen LogP contribution in [0, 0.1) is 12.7 Å². The molecule has 0 radical (unpaired) electrons. The highest BCUT2D eigenvalue weighted by atomic mass is 32.2. The highest BCUT2D eigenvalue weighted by Gasteiger charge is 2.35. The minimum Gasteiger partial charge on any atom is -0.382 e. The predicted octanol–water partition coefficient (Wildman–Crippen LogP) is 4.52. The maximum absolute atomic E-state index is 14.7. The molecule has 0 bridgehead atoms. The number of thiazole rings is 1. The van der Waals surface area contributed by atoms with E-state index in [9.17, 15) is 26.0 Å². The Kier molecular flexibility index (Phi) is 7.91. The van der Waals surface area contributed by atoms with Crippen LogP contribution in [0.25, 0.3) is 6.20 Å². The second-order valence-corrected chi connectivity index (χ2v) is 12.9. The first kappa shape index (κ1) is 29.5. The molecule has 0 spiro atoms. The van der Waals surface area contributed by atoms with Crippen LogP contribution in [0.5, 0.6) is 5.75 Å². The molecule has 3 aromatic rings. The lowest BCUT2D eigenvalue weighted by Gasteiger charge is -2.30. The van der Waals surface area contributed by atoms with Crippen LogP contribution in [0.2, 0.25) is 0 Å². The van der Waals surface area contributed by atoms with Crippen LogP contribution >= 0.6 is 11.3 Å². The van der Waals surface area contributed by atoms with Crippen LogP contribution in [0.15, 0.2) is 29.8 Å². The number of piperidine rings is 1. The van der Waals surface area contributed by atoms with Crippen molar-refractivity contribution < 1.29 is 30.2 Å². The number of fused-ring (bicyclic) bond motifs is 1. The van der Waals surface area contributed by atoms with Crippen LogP contribution in [0.3, 0.4) is 0 Å². The van der Waals surface area contributed by atoms with Crippen molar-refractivity contribution in [2.45, 2.75) is 57.5 Å². The second kappa shape index (κ2) is 11.0. The normalized spacial score (nSPS) is 20.8. The Hall–Kier alpha value is -3.01. The molecule has 0 amide bonds. The number of aromatic nitrogens is 3. The summed E-state index contributed by atoms with van der Waals surface area (Å²) in [5.41, 5.74) is 0.191. The first-order valence-electron chi connectivity index (χ1n) is 12.9. The molecule has 1 fully saturated rings. The van der Waals surface area contributed by atoms with Gasteiger partial charge in [-0.2, -0.15) is 26.7 Å². The van der Waals surface area contributed by atoms with Crippen LogP contribution in [0.4, 0.5) is 17.6 Å². The summed E-state index contributed by atoms with van der Waals surface area (Å²) in [7, 11) is -3.79. The van der Waals surface area contributed by atoms with E-state index in [1.807, 2.05) is 12.3 Å². The van der Waals surface area contributed by atoms with E-state index < -0.39 is 33.5 Å². The lowest BCUT2D eigenvalue weighted by Crippen LogP contribution is -2.49. The molecule has 2 aromatic heterocycles. The first-order chi connectivity index (χ1) is 19.2. The number of nitrogens with one attached hydrogen (secondary N) is 2. The van der Waals surface area contributed by atoms with Gasteiger partial charge in [-0.1, -0.05) is 0 Å². The molecule has 2 aliphatic heterocycles. The molecule has 4 heterocycles. The molecule has 9 nitrogen and oxygen atoms in total. The van der Waals surface area contributed by atoms with Gasteiger partial charge in [-0.3, -0.25) is 10.6 Å². The summed E-state index contributed by atoms with van der Waals surface area (Å²) in [5.74, 6) is -0.145. The van der Waals surface area contributed by atoms with E-state index in [0.717, 1.165) is 35.9 Å². The zero-order valence-electron chi connectivity index (χ0n) is 22.6. The monoisotopic (exact) mass is 614 g/mol. The van der Waals surface area contributed by atoms with E-state index in [2.05, 4.69) is 20.6 Å². The predicted molar refractivity (Wildman–Crippen MR) is 146 cm³/mol. The van der Waals surface area contributed by atoms with Crippen LogP contribution in [0.1, 0.15) is 58.9 Å². The number of nitrogens with zero attached hydrogens (tertiary/aromatic N) is 4. The fourth-order valence-corrected chi connectivity index (χ4v) is 6.56. The Morgan fingerprint density at radius 2 is 1.83 bits per heavy atom. The summed E-state index contributed by atoms with van der Waals surface area (Å²) in [6.07, 6.45) is 1.42. The van der Waals surface area contributed by atoms with Gasteiger partial charge in [-0.05, 0) is 44.9 Å². The third-order valence-electron chi connectivity index (χ3n) is 7.35. The molecule has 1 aromatic carbocycles. The van der Waals surface area contributed by atoms with E-state index in [4.69, 9.17) is 9.17 Å². The fourth-order valence-electron chi connectivity index (χ4n) is 4.98. The number of likely N-dealkylation sites (tertiary alicyclic amines) is 1. The average Bonchev–Trinajstić information content (AvgIpc) is 3.49. The van der Waals surface area contributed by atoms with Gasteiger partial charge in [0.1, 0.15) is 17.2 Å². The molecule has 15 heteroatoms. The zero-order chi connectivity index (χ0) is 29.6. The summed E-state index contributed by atoms with van der Waals surface area (Å²) in [4.78, 5) is 6.96. The maximum atomic E-state index is 14.7. The Labute approximate surface area is 239 Å². The Balaban J connectivity index is 1.23. The first-order valence-corrected chi connectivity index (χ1v) is 15.6. The molecule has 2 N–H and O–H groups in total. The molecule has 2 aliphatic rings. The molecule has 1 atom stereocenters. The van der Waals surface area contributed by atoms with Crippen molar-refractivity contribution in [1.82, 2.24) is 30.3 Å². The smallest absolute Gasteiger partial charge is 0.382 e. The van der Waals surface area contributed by atoms with Crippen LogP contribution < -0.4 is 14.8 Å². The Bertz CT molecular complexity index is 1560. The largest absolute Gasteiger partial charge is 0.435 e. The fraction of sp³-hybridized carbons (Fsp3) is 0.462. The van der Waals surface area contributed by atoms with Gasteiger partial charge < -0.3 is 9.08 Å². The minimum absolute atomic E-state index is 0.0886. The van der Waals surface area contributed by atoms with Crippen molar-refractivity contribution in [3.05, 3.63) is 68.8 Å². The second-order valence-electron chi connectivity index (χ2n) is 10.4. The van der Waals surface area contributed by atoms with Crippen molar-refractivity contribution >= 4 is 27.7 Å². The van der Waals surface area contributed by atoms with E-state index >= 15 is 0 Å². The van der Waals surface area contributed by atoms with Gasteiger partial charge in [0.05, 0.1) is 17.0 Å². The third kappa shape index (κ3) is 6.58. The summed E-state index contributed by atoms with van der Waals surface area (Å²) >= 11 is 1.55. The van der Waals surface area contributed by atoms with E-state index in [-0.39, 0.29) is 24.8 Å². The number of hydrogen-bond donors (Lipinski definition) is 2. The standard InChI is InChI=1S/C26H30F4N6O3S2/c1-16-12-22(26(28,29)30)34-36(16)11-10-35-8-6-17(7-9-35)24-33-23(15-40-24)25(2)31-13-18-19(14-32-25)21(5-4-20(18)27)39-41(3,37)38/h4-5,10-12,15,17,31-32H,6-9,13-14H2,1-3H3. The highest BCUT2D eigenvalue weighted by Crippen LogP contribution is 2.35. The molecule has 1 saturated heterocycles.